The summed E-state index contributed by atoms with van der Waals surface area (Å²) in [7, 11) is 1.76. The van der Waals surface area contributed by atoms with Crippen LogP contribution in [0.15, 0.2) is 0 Å². The second kappa shape index (κ2) is 8.04. The molecule has 0 aromatic carbocycles. The molecule has 1 aliphatic rings. The Morgan fingerprint density at radius 1 is 1.38 bits per heavy atom. The highest BCUT2D eigenvalue weighted by Crippen LogP contribution is 2.22. The molecule has 3 nitrogen and oxygen atoms in total. The first-order chi connectivity index (χ1) is 7.83. The summed E-state index contributed by atoms with van der Waals surface area (Å²) >= 11 is 0. The highest BCUT2D eigenvalue weighted by molar-refractivity contribution is 4.85. The summed E-state index contributed by atoms with van der Waals surface area (Å²) in [6, 6.07) is 1.54. The number of ether oxygens (including phenoxy) is 1. The van der Waals surface area contributed by atoms with Crippen molar-refractivity contribution in [2.45, 2.75) is 51.6 Å². The monoisotopic (exact) mass is 228 g/mol. The zero-order valence-electron chi connectivity index (χ0n) is 11.2. The van der Waals surface area contributed by atoms with Crippen LogP contribution in [0.25, 0.3) is 0 Å². The maximum atomic E-state index is 5.05. The average Bonchev–Trinajstić information content (AvgIpc) is 2.75. The first-order valence-electron chi connectivity index (χ1n) is 6.78. The molecule has 1 atom stereocenters. The Balaban J connectivity index is 2.28. The molecular formula is C13H28N2O. The Kier molecular flexibility index (Phi) is 7.01. The van der Waals surface area contributed by atoms with Gasteiger partial charge in [-0.05, 0) is 32.2 Å². The topological polar surface area (TPSA) is 24.5 Å². The predicted molar refractivity (Wildman–Crippen MR) is 68.8 cm³/mol. The molecule has 0 aromatic rings. The van der Waals surface area contributed by atoms with E-state index in [4.69, 9.17) is 4.74 Å². The average molecular weight is 228 g/mol. The molecule has 3 heteroatoms. The van der Waals surface area contributed by atoms with Crippen molar-refractivity contribution in [1.29, 1.82) is 0 Å². The molecule has 1 unspecified atom stereocenters. The molecule has 0 aliphatic carbocycles. The van der Waals surface area contributed by atoms with Crippen molar-refractivity contribution in [2.24, 2.45) is 0 Å². The third kappa shape index (κ3) is 4.04. The molecule has 1 rings (SSSR count). The standard InChI is InChI=1S/C13H28N2O/c1-4-12(5-2)15-9-6-7-13(15)11-14-8-10-16-3/h12-14H,4-11H2,1-3H3. The van der Waals surface area contributed by atoms with Crippen molar-refractivity contribution in [3.8, 4) is 0 Å². The number of hydrogen-bond donors (Lipinski definition) is 1. The quantitative estimate of drug-likeness (QED) is 0.642. The van der Waals surface area contributed by atoms with E-state index in [1.807, 2.05) is 0 Å². The number of likely N-dealkylation sites (tertiary alicyclic amines) is 1. The van der Waals surface area contributed by atoms with E-state index >= 15 is 0 Å². The van der Waals surface area contributed by atoms with Gasteiger partial charge in [-0.1, -0.05) is 13.8 Å². The van der Waals surface area contributed by atoms with Crippen LogP contribution in [0.4, 0.5) is 0 Å². The minimum absolute atomic E-state index is 0.752. The van der Waals surface area contributed by atoms with Gasteiger partial charge < -0.3 is 10.1 Å². The van der Waals surface area contributed by atoms with E-state index < -0.39 is 0 Å². The Bertz CT molecular complexity index is 171. The molecule has 1 aliphatic heterocycles. The number of nitrogens with zero attached hydrogens (tertiary/aromatic N) is 1. The fourth-order valence-corrected chi connectivity index (χ4v) is 2.76. The number of rotatable bonds is 8. The summed E-state index contributed by atoms with van der Waals surface area (Å²) < 4.78 is 5.05. The molecule has 0 aromatic heterocycles. The third-order valence-corrected chi connectivity index (χ3v) is 3.70. The highest BCUT2D eigenvalue weighted by atomic mass is 16.5. The van der Waals surface area contributed by atoms with Crippen LogP contribution < -0.4 is 5.32 Å². The van der Waals surface area contributed by atoms with Gasteiger partial charge in [0.25, 0.3) is 0 Å². The summed E-state index contributed by atoms with van der Waals surface area (Å²) in [5.74, 6) is 0. The Labute approximate surface area is 101 Å². The molecule has 16 heavy (non-hydrogen) atoms. The Morgan fingerprint density at radius 3 is 2.75 bits per heavy atom. The molecule has 1 heterocycles. The fraction of sp³-hybridized carbons (Fsp3) is 1.00. The van der Waals surface area contributed by atoms with Gasteiger partial charge in [0.2, 0.25) is 0 Å². The van der Waals surface area contributed by atoms with Crippen LogP contribution in [0.5, 0.6) is 0 Å². The molecule has 96 valence electrons. The van der Waals surface area contributed by atoms with Crippen LogP contribution in [-0.2, 0) is 4.74 Å². The minimum atomic E-state index is 0.752. The smallest absolute Gasteiger partial charge is 0.0587 e. The first-order valence-corrected chi connectivity index (χ1v) is 6.78. The number of hydrogen-bond acceptors (Lipinski definition) is 3. The van der Waals surface area contributed by atoms with Gasteiger partial charge in [0.1, 0.15) is 0 Å². The first kappa shape index (κ1) is 13.9. The molecule has 1 N–H and O–H groups in total. The summed E-state index contributed by atoms with van der Waals surface area (Å²) in [5.41, 5.74) is 0. The van der Waals surface area contributed by atoms with Gasteiger partial charge in [-0.3, -0.25) is 4.90 Å². The second-order valence-electron chi connectivity index (χ2n) is 4.70. The Morgan fingerprint density at radius 2 is 2.12 bits per heavy atom. The molecule has 0 saturated carbocycles. The summed E-state index contributed by atoms with van der Waals surface area (Å²) in [6.45, 7) is 8.83. The summed E-state index contributed by atoms with van der Waals surface area (Å²) in [6.07, 6.45) is 5.29. The fourth-order valence-electron chi connectivity index (χ4n) is 2.76. The van der Waals surface area contributed by atoms with Crippen molar-refractivity contribution in [1.82, 2.24) is 10.2 Å². The number of methoxy groups -OCH3 is 1. The molecular weight excluding hydrogens is 200 g/mol. The van der Waals surface area contributed by atoms with Gasteiger partial charge in [0.15, 0.2) is 0 Å². The van der Waals surface area contributed by atoms with E-state index in [1.54, 1.807) is 7.11 Å². The van der Waals surface area contributed by atoms with E-state index in [2.05, 4.69) is 24.1 Å². The van der Waals surface area contributed by atoms with Crippen LogP contribution in [0.2, 0.25) is 0 Å². The van der Waals surface area contributed by atoms with E-state index in [0.29, 0.717) is 0 Å². The van der Waals surface area contributed by atoms with Crippen molar-refractivity contribution in [3.05, 3.63) is 0 Å². The number of nitrogens with one attached hydrogen (secondary N) is 1. The van der Waals surface area contributed by atoms with Gasteiger partial charge >= 0.3 is 0 Å². The summed E-state index contributed by atoms with van der Waals surface area (Å²) in [4.78, 5) is 2.71. The van der Waals surface area contributed by atoms with Crippen LogP contribution >= 0.6 is 0 Å². The maximum absolute atomic E-state index is 5.05. The maximum Gasteiger partial charge on any atom is 0.0587 e. The zero-order valence-corrected chi connectivity index (χ0v) is 11.2. The summed E-state index contributed by atoms with van der Waals surface area (Å²) in [5, 5.41) is 3.49. The largest absolute Gasteiger partial charge is 0.383 e. The van der Waals surface area contributed by atoms with Crippen molar-refractivity contribution < 1.29 is 4.74 Å². The predicted octanol–water partition coefficient (Wildman–Crippen LogP) is 1.88. The highest BCUT2D eigenvalue weighted by Gasteiger charge is 2.28. The van der Waals surface area contributed by atoms with Crippen molar-refractivity contribution in [2.75, 3.05) is 33.4 Å². The molecule has 1 fully saturated rings. The third-order valence-electron chi connectivity index (χ3n) is 3.70. The zero-order chi connectivity index (χ0) is 11.8. The van der Waals surface area contributed by atoms with Crippen molar-refractivity contribution in [3.63, 3.8) is 0 Å². The minimum Gasteiger partial charge on any atom is -0.383 e. The molecule has 1 saturated heterocycles. The molecule has 0 amide bonds. The van der Waals surface area contributed by atoms with Gasteiger partial charge in [0, 0.05) is 32.3 Å². The van der Waals surface area contributed by atoms with Crippen LogP contribution in [0.1, 0.15) is 39.5 Å². The lowest BCUT2D eigenvalue weighted by molar-refractivity contribution is 0.160. The van der Waals surface area contributed by atoms with E-state index in [0.717, 1.165) is 31.8 Å². The van der Waals surface area contributed by atoms with Crippen LogP contribution in [-0.4, -0.2) is 50.3 Å². The van der Waals surface area contributed by atoms with Crippen LogP contribution in [0, 0.1) is 0 Å². The van der Waals surface area contributed by atoms with Gasteiger partial charge in [-0.25, -0.2) is 0 Å². The van der Waals surface area contributed by atoms with Gasteiger partial charge in [-0.15, -0.1) is 0 Å². The molecule has 0 bridgehead atoms. The van der Waals surface area contributed by atoms with Crippen LogP contribution in [0.3, 0.4) is 0 Å². The Hall–Kier alpha value is -0.120. The lowest BCUT2D eigenvalue weighted by atomic mass is 10.1. The van der Waals surface area contributed by atoms with Gasteiger partial charge in [0.05, 0.1) is 6.61 Å². The van der Waals surface area contributed by atoms with Crippen molar-refractivity contribution >= 4 is 0 Å². The van der Waals surface area contributed by atoms with Gasteiger partial charge in [-0.2, -0.15) is 0 Å². The lowest BCUT2D eigenvalue weighted by Gasteiger charge is -2.32. The van der Waals surface area contributed by atoms with E-state index in [1.165, 1.54) is 32.2 Å². The second-order valence-corrected chi connectivity index (χ2v) is 4.70. The molecule has 0 spiro atoms. The van der Waals surface area contributed by atoms with E-state index in [-0.39, 0.29) is 0 Å². The van der Waals surface area contributed by atoms with E-state index in [9.17, 15) is 0 Å². The normalized spacial score (nSPS) is 22.1. The molecule has 0 radical (unpaired) electrons. The lowest BCUT2D eigenvalue weighted by Crippen LogP contribution is -2.44. The SMILES string of the molecule is CCC(CC)N1CCCC1CNCCOC.